The highest BCUT2D eigenvalue weighted by atomic mass is 35.5. The van der Waals surface area contributed by atoms with Crippen molar-refractivity contribution in [3.05, 3.63) is 34.9 Å². The topological polar surface area (TPSA) is 32.7 Å². The summed E-state index contributed by atoms with van der Waals surface area (Å²) >= 11 is 6.03. The molecule has 1 saturated heterocycles. The van der Waals surface area contributed by atoms with Crippen molar-refractivity contribution in [2.24, 2.45) is 0 Å². The highest BCUT2D eigenvalue weighted by Crippen LogP contribution is 2.28. The lowest BCUT2D eigenvalue weighted by atomic mass is 9.99. The zero-order valence-electron chi connectivity index (χ0n) is 11.4. The second kappa shape index (κ2) is 7.25. The molecule has 2 unspecified atom stereocenters. The summed E-state index contributed by atoms with van der Waals surface area (Å²) in [6, 6.07) is 8.09. The molecule has 0 aromatic heterocycles. The molecule has 1 aromatic rings. The van der Waals surface area contributed by atoms with Gasteiger partial charge in [-0.3, -0.25) is 0 Å². The van der Waals surface area contributed by atoms with E-state index in [9.17, 15) is 5.11 Å². The van der Waals surface area contributed by atoms with E-state index in [2.05, 4.69) is 11.0 Å². The van der Waals surface area contributed by atoms with Crippen molar-refractivity contribution in [1.29, 1.82) is 0 Å². The number of nitrogens with zero attached hydrogens (tertiary/aromatic N) is 1. The van der Waals surface area contributed by atoms with Gasteiger partial charge in [0.1, 0.15) is 0 Å². The van der Waals surface area contributed by atoms with Gasteiger partial charge in [-0.2, -0.15) is 0 Å². The van der Waals surface area contributed by atoms with Crippen LogP contribution in [0.4, 0.5) is 0 Å². The van der Waals surface area contributed by atoms with Crippen LogP contribution in [-0.2, 0) is 4.74 Å². The van der Waals surface area contributed by atoms with Crippen LogP contribution in [0.2, 0.25) is 5.02 Å². The van der Waals surface area contributed by atoms with Crippen molar-refractivity contribution in [2.75, 3.05) is 32.8 Å². The third kappa shape index (κ3) is 4.46. The van der Waals surface area contributed by atoms with Crippen LogP contribution in [0, 0.1) is 0 Å². The molecule has 0 saturated carbocycles. The van der Waals surface area contributed by atoms with Gasteiger partial charge in [0, 0.05) is 24.7 Å². The molecule has 4 heteroatoms. The number of aliphatic hydroxyl groups excluding tert-OH is 1. The minimum absolute atomic E-state index is 0.391. The summed E-state index contributed by atoms with van der Waals surface area (Å²) in [4.78, 5) is 2.30. The Bertz CT molecular complexity index is 399. The normalized spacial score (nSPS) is 21.7. The number of β-amino-alcohol motifs (C(OH)–C–C–N with tert-alkyl or cyclic N) is 1. The number of hydrogen-bond donors (Lipinski definition) is 1. The quantitative estimate of drug-likeness (QED) is 0.871. The van der Waals surface area contributed by atoms with E-state index in [1.165, 1.54) is 5.56 Å². The molecule has 0 radical (unpaired) electrons. The number of ether oxygens (including phenoxy) is 1. The van der Waals surface area contributed by atoms with E-state index >= 15 is 0 Å². The molecule has 0 amide bonds. The van der Waals surface area contributed by atoms with Gasteiger partial charge < -0.3 is 14.7 Å². The van der Waals surface area contributed by atoms with E-state index in [-0.39, 0.29) is 0 Å². The summed E-state index contributed by atoms with van der Waals surface area (Å²) in [5, 5.41) is 10.7. The predicted molar refractivity (Wildman–Crippen MR) is 77.7 cm³/mol. The van der Waals surface area contributed by atoms with Gasteiger partial charge in [0.15, 0.2) is 0 Å². The van der Waals surface area contributed by atoms with Crippen molar-refractivity contribution in [1.82, 2.24) is 4.90 Å². The van der Waals surface area contributed by atoms with Crippen LogP contribution in [0.25, 0.3) is 0 Å². The lowest BCUT2D eigenvalue weighted by molar-refractivity contribution is 0.0250. The average molecular weight is 284 g/mol. The Morgan fingerprint density at radius 3 is 3.11 bits per heavy atom. The minimum atomic E-state index is -0.391. The maximum Gasteiger partial charge on any atom is 0.0900 e. The third-order valence-electron chi connectivity index (χ3n) is 3.58. The van der Waals surface area contributed by atoms with Gasteiger partial charge in [-0.15, -0.1) is 0 Å². The number of benzene rings is 1. The van der Waals surface area contributed by atoms with Gasteiger partial charge in [0.05, 0.1) is 12.7 Å². The first-order chi connectivity index (χ1) is 9.19. The summed E-state index contributed by atoms with van der Waals surface area (Å²) in [5.74, 6) is 0.526. The van der Waals surface area contributed by atoms with Gasteiger partial charge in [-0.05, 0) is 43.5 Å². The number of aliphatic hydroxyl groups is 1. The van der Waals surface area contributed by atoms with Gasteiger partial charge >= 0.3 is 0 Å². The number of halogens is 1. The van der Waals surface area contributed by atoms with Gasteiger partial charge in [-0.25, -0.2) is 0 Å². The Balaban J connectivity index is 1.83. The molecule has 1 aliphatic rings. The highest BCUT2D eigenvalue weighted by Gasteiger charge is 2.25. The largest absolute Gasteiger partial charge is 0.389 e. The van der Waals surface area contributed by atoms with E-state index < -0.39 is 6.10 Å². The van der Waals surface area contributed by atoms with Crippen LogP contribution in [0.1, 0.15) is 24.8 Å². The molecule has 1 fully saturated rings. The molecule has 106 valence electrons. The molecule has 0 aliphatic carbocycles. The second-order valence-electron chi connectivity index (χ2n) is 5.11. The average Bonchev–Trinajstić information content (AvgIpc) is 2.85. The lowest BCUT2D eigenvalue weighted by Crippen LogP contribution is -2.33. The maximum absolute atomic E-state index is 9.85. The van der Waals surface area contributed by atoms with E-state index in [0.29, 0.717) is 25.7 Å². The lowest BCUT2D eigenvalue weighted by Gasteiger charge is -2.20. The first kappa shape index (κ1) is 14.8. The summed E-state index contributed by atoms with van der Waals surface area (Å²) in [5.41, 5.74) is 1.30. The summed E-state index contributed by atoms with van der Waals surface area (Å²) < 4.78 is 5.24. The summed E-state index contributed by atoms with van der Waals surface area (Å²) in [6.45, 7) is 5.73. The Hall–Kier alpha value is -0.610. The second-order valence-corrected chi connectivity index (χ2v) is 5.55. The first-order valence-corrected chi connectivity index (χ1v) is 7.30. The van der Waals surface area contributed by atoms with Crippen molar-refractivity contribution >= 4 is 11.6 Å². The number of hydrogen-bond acceptors (Lipinski definition) is 3. The molecule has 1 aliphatic heterocycles. The molecule has 0 bridgehead atoms. The first-order valence-electron chi connectivity index (χ1n) is 6.92. The zero-order valence-corrected chi connectivity index (χ0v) is 12.1. The predicted octanol–water partition coefficient (Wildman–Crippen LogP) is 2.53. The monoisotopic (exact) mass is 283 g/mol. The van der Waals surface area contributed by atoms with Crippen LogP contribution in [0.3, 0.4) is 0 Å². The fraction of sp³-hybridized carbons (Fsp3) is 0.600. The van der Waals surface area contributed by atoms with Gasteiger partial charge in [-0.1, -0.05) is 23.7 Å². The fourth-order valence-corrected chi connectivity index (χ4v) is 2.83. The van der Waals surface area contributed by atoms with Crippen molar-refractivity contribution in [3.63, 3.8) is 0 Å². The molecular formula is C15H22ClNO2. The highest BCUT2D eigenvalue weighted by molar-refractivity contribution is 6.30. The van der Waals surface area contributed by atoms with E-state index in [4.69, 9.17) is 16.3 Å². The third-order valence-corrected chi connectivity index (χ3v) is 3.81. The molecule has 3 nitrogen and oxygen atoms in total. The standard InChI is InChI=1S/C15H22ClNO2/c1-2-19-11-15(18)10-17-7-6-13(9-17)12-4-3-5-14(16)8-12/h3-5,8,13,15,18H,2,6-7,9-11H2,1H3. The van der Waals surface area contributed by atoms with Crippen molar-refractivity contribution < 1.29 is 9.84 Å². The zero-order chi connectivity index (χ0) is 13.7. The molecule has 2 rings (SSSR count). The van der Waals surface area contributed by atoms with Crippen molar-refractivity contribution in [2.45, 2.75) is 25.4 Å². The van der Waals surface area contributed by atoms with E-state index in [1.807, 2.05) is 25.1 Å². The molecule has 0 spiro atoms. The SMILES string of the molecule is CCOCC(O)CN1CCC(c2cccc(Cl)c2)C1. The Labute approximate surface area is 120 Å². The molecule has 2 atom stereocenters. The molecule has 1 N–H and O–H groups in total. The van der Waals surface area contributed by atoms with Crippen LogP contribution in [0.5, 0.6) is 0 Å². The summed E-state index contributed by atoms with van der Waals surface area (Å²) in [7, 11) is 0. The Morgan fingerprint density at radius 1 is 1.53 bits per heavy atom. The molecule has 1 heterocycles. The van der Waals surface area contributed by atoms with E-state index in [0.717, 1.165) is 24.5 Å². The summed E-state index contributed by atoms with van der Waals surface area (Å²) in [6.07, 6.45) is 0.736. The van der Waals surface area contributed by atoms with Crippen molar-refractivity contribution in [3.8, 4) is 0 Å². The number of rotatable bonds is 6. The van der Waals surface area contributed by atoms with Crippen LogP contribution in [-0.4, -0.2) is 49.0 Å². The van der Waals surface area contributed by atoms with Crippen LogP contribution >= 0.6 is 11.6 Å². The minimum Gasteiger partial charge on any atom is -0.389 e. The maximum atomic E-state index is 9.85. The van der Waals surface area contributed by atoms with E-state index in [1.54, 1.807) is 0 Å². The van der Waals surface area contributed by atoms with Crippen LogP contribution < -0.4 is 0 Å². The smallest absolute Gasteiger partial charge is 0.0900 e. The molecule has 19 heavy (non-hydrogen) atoms. The Kier molecular flexibility index (Phi) is 5.64. The number of likely N-dealkylation sites (tertiary alicyclic amines) is 1. The van der Waals surface area contributed by atoms with Crippen LogP contribution in [0.15, 0.2) is 24.3 Å². The van der Waals surface area contributed by atoms with Gasteiger partial charge in [0.2, 0.25) is 0 Å². The molecule has 1 aromatic carbocycles. The molecular weight excluding hydrogens is 262 g/mol. The fourth-order valence-electron chi connectivity index (χ4n) is 2.64. The Morgan fingerprint density at radius 2 is 2.37 bits per heavy atom. The van der Waals surface area contributed by atoms with Gasteiger partial charge in [0.25, 0.3) is 0 Å².